The van der Waals surface area contributed by atoms with Crippen molar-refractivity contribution in [2.24, 2.45) is 0 Å². The maximum absolute atomic E-state index is 12.5. The van der Waals surface area contributed by atoms with Crippen molar-refractivity contribution >= 4 is 5.91 Å². The second kappa shape index (κ2) is 7.39. The maximum atomic E-state index is 12.5. The summed E-state index contributed by atoms with van der Waals surface area (Å²) in [7, 11) is 1.59. The van der Waals surface area contributed by atoms with E-state index in [1.54, 1.807) is 20.1 Å². The topological polar surface area (TPSA) is 47.6 Å². The fraction of sp³-hybridized carbons (Fsp3) is 0.350. The Labute approximate surface area is 142 Å². The number of hydrogen-bond acceptors (Lipinski definition) is 3. The predicted octanol–water partition coefficient (Wildman–Crippen LogP) is 3.66. The summed E-state index contributed by atoms with van der Waals surface area (Å²) in [5.41, 5.74) is 2.55. The van der Waals surface area contributed by atoms with Crippen LogP contribution < -0.4 is 14.8 Å². The van der Waals surface area contributed by atoms with Gasteiger partial charge >= 0.3 is 0 Å². The first-order chi connectivity index (χ1) is 11.7. The lowest BCUT2D eigenvalue weighted by Gasteiger charge is -2.27. The van der Waals surface area contributed by atoms with Gasteiger partial charge in [0.05, 0.1) is 13.2 Å². The normalized spacial score (nSPS) is 17.5. The smallest absolute Gasteiger partial charge is 0.261 e. The molecule has 2 aromatic rings. The molecule has 3 rings (SSSR count). The highest BCUT2D eigenvalue weighted by molar-refractivity contribution is 5.81. The Morgan fingerprint density at radius 2 is 1.83 bits per heavy atom. The van der Waals surface area contributed by atoms with Gasteiger partial charge in [0.25, 0.3) is 5.91 Å². The van der Waals surface area contributed by atoms with E-state index in [1.165, 1.54) is 11.1 Å². The third kappa shape index (κ3) is 3.53. The molecule has 0 spiro atoms. The average Bonchev–Trinajstić information content (AvgIpc) is 2.62. The van der Waals surface area contributed by atoms with Gasteiger partial charge in [0.15, 0.2) is 17.6 Å². The average molecular weight is 325 g/mol. The summed E-state index contributed by atoms with van der Waals surface area (Å²) in [6.07, 6.45) is 2.54. The summed E-state index contributed by atoms with van der Waals surface area (Å²) in [6.45, 7) is 1.76. The first-order valence-electron chi connectivity index (χ1n) is 8.37. The van der Waals surface area contributed by atoms with Crippen LogP contribution in [0.25, 0.3) is 0 Å². The van der Waals surface area contributed by atoms with Crippen molar-refractivity contribution in [2.45, 2.75) is 38.3 Å². The first-order valence-corrected chi connectivity index (χ1v) is 8.37. The molecule has 0 aliphatic heterocycles. The molecule has 0 saturated carbocycles. The van der Waals surface area contributed by atoms with Gasteiger partial charge in [-0.1, -0.05) is 36.4 Å². The molecule has 24 heavy (non-hydrogen) atoms. The zero-order chi connectivity index (χ0) is 16.9. The number of para-hydroxylation sites is 2. The van der Waals surface area contributed by atoms with Crippen LogP contribution in [0.5, 0.6) is 11.5 Å². The highest BCUT2D eigenvalue weighted by atomic mass is 16.5. The third-order valence-corrected chi connectivity index (χ3v) is 4.43. The first kappa shape index (κ1) is 16.4. The number of aryl methyl sites for hydroxylation is 1. The number of methoxy groups -OCH3 is 1. The van der Waals surface area contributed by atoms with Crippen molar-refractivity contribution in [3.05, 3.63) is 59.7 Å². The van der Waals surface area contributed by atoms with E-state index >= 15 is 0 Å². The second-order valence-electron chi connectivity index (χ2n) is 6.06. The molecular weight excluding hydrogens is 302 g/mol. The predicted molar refractivity (Wildman–Crippen MR) is 93.3 cm³/mol. The van der Waals surface area contributed by atoms with Gasteiger partial charge in [-0.3, -0.25) is 4.79 Å². The fourth-order valence-electron chi connectivity index (χ4n) is 3.15. The van der Waals surface area contributed by atoms with E-state index in [1.807, 2.05) is 24.3 Å². The lowest BCUT2D eigenvalue weighted by molar-refractivity contribution is -0.128. The minimum atomic E-state index is -0.588. The van der Waals surface area contributed by atoms with Crippen LogP contribution in [0.4, 0.5) is 0 Å². The van der Waals surface area contributed by atoms with Gasteiger partial charge in [0.2, 0.25) is 0 Å². The van der Waals surface area contributed by atoms with E-state index in [2.05, 4.69) is 23.5 Å². The van der Waals surface area contributed by atoms with Crippen LogP contribution in [0.1, 0.15) is 36.9 Å². The van der Waals surface area contributed by atoms with Gasteiger partial charge in [-0.2, -0.15) is 0 Å². The molecule has 1 aliphatic carbocycles. The zero-order valence-electron chi connectivity index (χ0n) is 14.1. The van der Waals surface area contributed by atoms with E-state index in [0.717, 1.165) is 19.3 Å². The molecule has 0 saturated heterocycles. The van der Waals surface area contributed by atoms with E-state index < -0.39 is 6.10 Å². The molecular formula is C20H23NO3. The molecule has 126 valence electrons. The van der Waals surface area contributed by atoms with Crippen molar-refractivity contribution in [1.29, 1.82) is 0 Å². The molecule has 2 unspecified atom stereocenters. The van der Waals surface area contributed by atoms with E-state index in [-0.39, 0.29) is 11.9 Å². The largest absolute Gasteiger partial charge is 0.493 e. The molecule has 0 bridgehead atoms. The van der Waals surface area contributed by atoms with Crippen LogP contribution in [0.15, 0.2) is 48.5 Å². The molecule has 0 aromatic heterocycles. The number of nitrogens with one attached hydrogen (secondary N) is 1. The van der Waals surface area contributed by atoms with Gasteiger partial charge in [0, 0.05) is 0 Å². The molecule has 4 nitrogen and oxygen atoms in total. The number of rotatable bonds is 5. The number of hydrogen-bond donors (Lipinski definition) is 1. The lowest BCUT2D eigenvalue weighted by Crippen LogP contribution is -2.39. The monoisotopic (exact) mass is 325 g/mol. The Hall–Kier alpha value is -2.49. The van der Waals surface area contributed by atoms with Crippen molar-refractivity contribution in [3.8, 4) is 11.5 Å². The van der Waals surface area contributed by atoms with Crippen LogP contribution in [0.3, 0.4) is 0 Å². The highest BCUT2D eigenvalue weighted by Gasteiger charge is 2.24. The number of carbonyl (C=O) groups excluding carboxylic acids is 1. The minimum Gasteiger partial charge on any atom is -0.493 e. The molecule has 1 N–H and O–H groups in total. The number of fused-ring (bicyclic) bond motifs is 1. The summed E-state index contributed by atoms with van der Waals surface area (Å²) in [6, 6.07) is 15.7. The number of ether oxygens (including phenoxy) is 2. The molecule has 0 heterocycles. The Balaban J connectivity index is 1.67. The molecule has 2 atom stereocenters. The second-order valence-corrected chi connectivity index (χ2v) is 6.06. The summed E-state index contributed by atoms with van der Waals surface area (Å²) in [4.78, 5) is 12.5. The van der Waals surface area contributed by atoms with Gasteiger partial charge < -0.3 is 14.8 Å². The van der Waals surface area contributed by atoms with Gasteiger partial charge in [-0.25, -0.2) is 0 Å². The van der Waals surface area contributed by atoms with Gasteiger partial charge in [-0.05, 0) is 49.4 Å². The highest BCUT2D eigenvalue weighted by Crippen LogP contribution is 2.30. The fourth-order valence-corrected chi connectivity index (χ4v) is 3.15. The maximum Gasteiger partial charge on any atom is 0.261 e. The van der Waals surface area contributed by atoms with Gasteiger partial charge in [0.1, 0.15) is 0 Å². The van der Waals surface area contributed by atoms with Crippen LogP contribution in [0, 0.1) is 0 Å². The van der Waals surface area contributed by atoms with Crippen LogP contribution in [-0.4, -0.2) is 19.1 Å². The molecule has 2 aromatic carbocycles. The van der Waals surface area contributed by atoms with Crippen molar-refractivity contribution in [2.75, 3.05) is 7.11 Å². The molecule has 1 amide bonds. The Morgan fingerprint density at radius 3 is 2.62 bits per heavy atom. The quantitative estimate of drug-likeness (QED) is 0.913. The van der Waals surface area contributed by atoms with Crippen molar-refractivity contribution in [3.63, 3.8) is 0 Å². The summed E-state index contributed by atoms with van der Waals surface area (Å²) >= 11 is 0. The SMILES string of the molecule is COc1ccccc1OC(C)C(=O)NC1CCCc2ccccc21. The summed E-state index contributed by atoms with van der Waals surface area (Å²) in [5.74, 6) is 1.09. The van der Waals surface area contributed by atoms with Crippen LogP contribution >= 0.6 is 0 Å². The van der Waals surface area contributed by atoms with Gasteiger partial charge in [-0.15, -0.1) is 0 Å². The molecule has 0 fully saturated rings. The molecule has 1 aliphatic rings. The number of amides is 1. The third-order valence-electron chi connectivity index (χ3n) is 4.43. The molecule has 4 heteroatoms. The van der Waals surface area contributed by atoms with E-state index in [4.69, 9.17) is 9.47 Å². The van der Waals surface area contributed by atoms with E-state index in [0.29, 0.717) is 11.5 Å². The van der Waals surface area contributed by atoms with E-state index in [9.17, 15) is 4.79 Å². The number of carbonyl (C=O) groups is 1. The zero-order valence-corrected chi connectivity index (χ0v) is 14.1. The Morgan fingerprint density at radius 1 is 1.12 bits per heavy atom. The van der Waals surface area contributed by atoms with Crippen molar-refractivity contribution in [1.82, 2.24) is 5.32 Å². The van der Waals surface area contributed by atoms with Crippen LogP contribution in [0.2, 0.25) is 0 Å². The molecule has 0 radical (unpaired) electrons. The number of benzene rings is 2. The van der Waals surface area contributed by atoms with Crippen molar-refractivity contribution < 1.29 is 14.3 Å². The van der Waals surface area contributed by atoms with Crippen LogP contribution in [-0.2, 0) is 11.2 Å². The summed E-state index contributed by atoms with van der Waals surface area (Å²) < 4.78 is 11.1. The standard InChI is InChI=1S/C20H23NO3/c1-14(24-19-13-6-5-12-18(19)23-2)20(22)21-17-11-7-9-15-8-3-4-10-16(15)17/h3-6,8,10,12-14,17H,7,9,11H2,1-2H3,(H,21,22). The Bertz CT molecular complexity index is 714. The Kier molecular flexibility index (Phi) is 5.04. The summed E-state index contributed by atoms with van der Waals surface area (Å²) in [5, 5.41) is 3.13. The lowest BCUT2D eigenvalue weighted by atomic mass is 9.87. The minimum absolute atomic E-state index is 0.0613.